The Hall–Kier alpha value is -3.56. The average molecular weight is 544 g/mol. The molecule has 2 rings (SSSR count). The first-order valence-electron chi connectivity index (χ1n) is 8.08. The lowest BCUT2D eigenvalue weighted by atomic mass is 10.4. The highest BCUT2D eigenvalue weighted by Gasteiger charge is 2.38. The summed E-state index contributed by atoms with van der Waals surface area (Å²) in [6, 6.07) is 0. The van der Waals surface area contributed by atoms with E-state index in [0.717, 1.165) is 5.01 Å². The molecule has 0 bridgehead atoms. The van der Waals surface area contributed by atoms with Crippen LogP contribution in [0.3, 0.4) is 0 Å². The summed E-state index contributed by atoms with van der Waals surface area (Å²) < 4.78 is 63.5. The molecule has 0 atom stereocenters. The number of hydrogen-bond donors (Lipinski definition) is 4. The molecule has 0 saturated heterocycles. The van der Waals surface area contributed by atoms with Gasteiger partial charge in [0.1, 0.15) is 10.0 Å². The number of anilines is 2. The Morgan fingerprint density at radius 3 is 1.32 bits per heavy atom. The van der Waals surface area contributed by atoms with Crippen molar-refractivity contribution in [3.05, 3.63) is 20.1 Å². The van der Waals surface area contributed by atoms with Crippen LogP contribution < -0.4 is 11.5 Å². The van der Waals surface area contributed by atoms with Gasteiger partial charge in [-0.2, -0.15) is 26.3 Å². The standard InChI is InChI=1S/C8H12N8O2S2.2C2HF3O2/c9-7-13-11-5(19-7)1-3-15(16(17)18)4-2-6-12-14-8(10)20-6;2*3-2(4,5)1(6)7/h1-4H2,(H2,9,13)(H2,10,14);2*(H,6,7). The number of nitro groups is 1. The second kappa shape index (κ2) is 13.2. The van der Waals surface area contributed by atoms with Gasteiger partial charge >= 0.3 is 24.3 Å². The number of aliphatic carboxylic acids is 2. The average Bonchev–Trinajstić information content (AvgIpc) is 3.28. The molecule has 0 aromatic carbocycles. The van der Waals surface area contributed by atoms with E-state index in [-0.39, 0.29) is 13.1 Å². The van der Waals surface area contributed by atoms with Crippen molar-refractivity contribution in [2.24, 2.45) is 0 Å². The summed E-state index contributed by atoms with van der Waals surface area (Å²) in [4.78, 5) is 28.8. The SMILES string of the molecule is Nc1nnc(CCN(CCc2nnc(N)s2)[N+](=O)[O-])s1.O=C(O)C(F)(F)F.O=C(O)C(F)(F)F. The van der Waals surface area contributed by atoms with E-state index in [9.17, 15) is 36.5 Å². The molecule has 0 aliphatic heterocycles. The summed E-state index contributed by atoms with van der Waals surface area (Å²) in [5.74, 6) is -5.51. The number of carboxylic acid groups (broad SMARTS) is 2. The van der Waals surface area contributed by atoms with Gasteiger partial charge in [-0.15, -0.1) is 25.4 Å². The van der Waals surface area contributed by atoms with Gasteiger partial charge in [-0.1, -0.05) is 22.7 Å². The predicted octanol–water partition coefficient (Wildman–Crippen LogP) is 1.10. The van der Waals surface area contributed by atoms with Crippen molar-refractivity contribution < 1.29 is 51.2 Å². The van der Waals surface area contributed by atoms with Gasteiger partial charge in [-0.25, -0.2) is 19.7 Å². The number of nitrogens with zero attached hydrogens (tertiary/aromatic N) is 6. The van der Waals surface area contributed by atoms with Crippen LogP contribution in [0.2, 0.25) is 0 Å². The van der Waals surface area contributed by atoms with Crippen LogP contribution in [0.4, 0.5) is 36.6 Å². The van der Waals surface area contributed by atoms with Crippen LogP contribution in [-0.2, 0) is 22.4 Å². The molecule has 2 aromatic heterocycles. The monoisotopic (exact) mass is 544 g/mol. The topological polar surface area (TPSA) is 225 Å². The quantitative estimate of drug-likeness (QED) is 0.218. The molecule has 0 saturated carbocycles. The molecule has 0 amide bonds. The van der Waals surface area contributed by atoms with Crippen molar-refractivity contribution in [3.8, 4) is 0 Å². The largest absolute Gasteiger partial charge is 0.490 e. The van der Waals surface area contributed by atoms with Crippen molar-refractivity contribution >= 4 is 44.9 Å². The van der Waals surface area contributed by atoms with Crippen LogP contribution in [0.25, 0.3) is 0 Å². The molecular weight excluding hydrogens is 530 g/mol. The molecule has 22 heteroatoms. The van der Waals surface area contributed by atoms with Gasteiger partial charge in [0.05, 0.1) is 13.1 Å². The van der Waals surface area contributed by atoms with Crippen molar-refractivity contribution in [2.75, 3.05) is 24.6 Å². The molecule has 0 aliphatic rings. The minimum atomic E-state index is -5.08. The number of halogens is 6. The predicted molar refractivity (Wildman–Crippen MR) is 102 cm³/mol. The van der Waals surface area contributed by atoms with Crippen molar-refractivity contribution in [1.82, 2.24) is 25.4 Å². The highest BCUT2D eigenvalue weighted by molar-refractivity contribution is 7.15. The Morgan fingerprint density at radius 1 is 0.853 bits per heavy atom. The summed E-state index contributed by atoms with van der Waals surface area (Å²) in [5.41, 5.74) is 10.9. The zero-order valence-electron chi connectivity index (χ0n) is 16.3. The zero-order chi connectivity index (χ0) is 26.7. The van der Waals surface area contributed by atoms with Crippen LogP contribution in [0.15, 0.2) is 0 Å². The minimum absolute atomic E-state index is 0.232. The van der Waals surface area contributed by atoms with Gasteiger partial charge in [0.2, 0.25) is 10.3 Å². The second-order valence-electron chi connectivity index (χ2n) is 5.37. The number of hydrazine groups is 1. The Kier molecular flexibility index (Phi) is 11.8. The highest BCUT2D eigenvalue weighted by atomic mass is 32.1. The Balaban J connectivity index is 0.000000642. The highest BCUT2D eigenvalue weighted by Crippen LogP contribution is 2.15. The lowest BCUT2D eigenvalue weighted by Gasteiger charge is -2.12. The third-order valence-electron chi connectivity index (χ3n) is 2.85. The molecule has 0 fully saturated rings. The Morgan fingerprint density at radius 2 is 1.15 bits per heavy atom. The van der Waals surface area contributed by atoms with E-state index in [1.54, 1.807) is 0 Å². The second-order valence-corrected chi connectivity index (χ2v) is 7.55. The van der Waals surface area contributed by atoms with E-state index in [4.69, 9.17) is 31.3 Å². The van der Waals surface area contributed by atoms with Crippen LogP contribution in [0, 0.1) is 10.1 Å². The maximum Gasteiger partial charge on any atom is 0.490 e. The number of rotatable bonds is 7. The molecular formula is C12H14F6N8O6S2. The molecule has 2 heterocycles. The maximum atomic E-state index is 11.0. The molecule has 0 radical (unpaired) electrons. The first-order chi connectivity index (χ1) is 15.4. The number of carbonyl (C=O) groups is 2. The molecule has 0 unspecified atom stereocenters. The fourth-order valence-corrected chi connectivity index (χ4v) is 2.66. The summed E-state index contributed by atoms with van der Waals surface area (Å²) in [6.07, 6.45) is -9.32. The van der Waals surface area contributed by atoms with Gasteiger partial charge in [-0.3, -0.25) is 0 Å². The van der Waals surface area contributed by atoms with E-state index >= 15 is 0 Å². The van der Waals surface area contributed by atoms with Crippen molar-refractivity contribution in [2.45, 2.75) is 25.2 Å². The molecule has 0 aliphatic carbocycles. The maximum absolute atomic E-state index is 11.0. The van der Waals surface area contributed by atoms with Crippen LogP contribution in [0.5, 0.6) is 0 Å². The van der Waals surface area contributed by atoms with E-state index < -0.39 is 29.3 Å². The van der Waals surface area contributed by atoms with Crippen molar-refractivity contribution in [1.29, 1.82) is 0 Å². The third-order valence-corrected chi connectivity index (χ3v) is 4.47. The van der Waals surface area contributed by atoms with E-state index in [1.807, 2.05) is 0 Å². The number of carboxylic acids is 2. The molecule has 34 heavy (non-hydrogen) atoms. The van der Waals surface area contributed by atoms with Gasteiger partial charge in [-0.05, 0) is 0 Å². The van der Waals surface area contributed by atoms with Crippen molar-refractivity contribution in [3.63, 3.8) is 0 Å². The normalized spacial score (nSPS) is 10.9. The zero-order valence-corrected chi connectivity index (χ0v) is 17.9. The Labute approximate surface area is 191 Å². The van der Waals surface area contributed by atoms with Gasteiger partial charge in [0.25, 0.3) is 0 Å². The lowest BCUT2D eigenvalue weighted by Crippen LogP contribution is -2.33. The number of nitrogens with two attached hydrogens (primary N) is 2. The lowest BCUT2D eigenvalue weighted by molar-refractivity contribution is -0.655. The molecule has 2 aromatic rings. The van der Waals surface area contributed by atoms with Crippen LogP contribution in [-0.4, -0.2) is 78.0 Å². The molecule has 6 N–H and O–H groups in total. The van der Waals surface area contributed by atoms with Gasteiger partial charge in [0, 0.05) is 12.8 Å². The Bertz CT molecular complexity index is 884. The minimum Gasteiger partial charge on any atom is -0.475 e. The number of hydrogen-bond acceptors (Lipinski definition) is 12. The molecule has 14 nitrogen and oxygen atoms in total. The van der Waals surface area contributed by atoms with Gasteiger partial charge in [0.15, 0.2) is 5.03 Å². The fraction of sp³-hybridized carbons (Fsp3) is 0.500. The number of nitrogen functional groups attached to an aromatic ring is 2. The van der Waals surface area contributed by atoms with E-state index in [2.05, 4.69) is 20.4 Å². The van der Waals surface area contributed by atoms with Crippen LogP contribution >= 0.6 is 22.7 Å². The summed E-state index contributed by atoms with van der Waals surface area (Å²) in [6.45, 7) is 0.464. The van der Waals surface area contributed by atoms with E-state index in [1.165, 1.54) is 22.7 Å². The summed E-state index contributed by atoms with van der Waals surface area (Å²) in [5, 5.41) is 42.9. The van der Waals surface area contributed by atoms with Crippen LogP contribution in [0.1, 0.15) is 10.0 Å². The molecule has 192 valence electrons. The number of alkyl halides is 6. The fourth-order valence-electron chi connectivity index (χ4n) is 1.46. The third kappa shape index (κ3) is 13.1. The first-order valence-corrected chi connectivity index (χ1v) is 9.72. The smallest absolute Gasteiger partial charge is 0.475 e. The summed E-state index contributed by atoms with van der Waals surface area (Å²) in [7, 11) is 0. The number of aromatic nitrogens is 4. The van der Waals surface area contributed by atoms with Gasteiger partial charge < -0.3 is 21.7 Å². The molecule has 0 spiro atoms. The summed E-state index contributed by atoms with van der Waals surface area (Å²) >= 11 is 2.46. The first kappa shape index (κ1) is 30.4. The van der Waals surface area contributed by atoms with E-state index in [0.29, 0.717) is 33.1 Å².